The van der Waals surface area contributed by atoms with Gasteiger partial charge in [0, 0.05) is 0 Å². The van der Waals surface area contributed by atoms with Gasteiger partial charge in [-0.1, -0.05) is 0 Å². The molecular weight excluding hydrogens is 560 g/mol. The fourth-order valence-electron chi connectivity index (χ4n) is 4.08. The molecule has 1 fully saturated rings. The number of hydrogen-bond donors (Lipinski definition) is 2. The SMILES string of the molecule is O=P#C[C@@H](O[C@H]1OCCN(Cc2n[nH]c(=O)[nH]2)[C@H]1c1ccc(F)cc1)c1cc(C(F)(F)F)cc(C(F)(F)F)c1. The number of benzene rings is 2. The Bertz CT molecular complexity index is 1440. The number of halogens is 7. The van der Waals surface area contributed by atoms with Crippen molar-refractivity contribution in [2.45, 2.75) is 37.3 Å². The van der Waals surface area contributed by atoms with Crippen molar-refractivity contribution in [3.8, 4) is 5.63 Å². The van der Waals surface area contributed by atoms with Crippen molar-refractivity contribution in [3.05, 3.63) is 86.8 Å². The second-order valence-electron chi connectivity index (χ2n) is 8.41. The number of nitrogens with zero attached hydrogens (tertiary/aromatic N) is 2. The van der Waals surface area contributed by atoms with E-state index in [2.05, 4.69) is 20.8 Å². The minimum atomic E-state index is -5.12. The molecular formula is C23H18F7N4O4P. The van der Waals surface area contributed by atoms with E-state index < -0.39 is 66.9 Å². The molecule has 1 aromatic heterocycles. The number of nitrogens with one attached hydrogen (secondary N) is 2. The standard InChI is InChI=1S/C23H18F7N4O4P/c24-16-3-1-12(2-4-16)19-20(37-6-5-34(19)10-18-31-21(35)33-32-18)38-17(11-39-36)13-7-14(22(25,26)27)9-15(8-13)23(28,29)30/h1-4,7-9,17,19-20H,5-6,10H2,(H2,31,32,33,35)/t17-,19+,20-/m1/s1. The quantitative estimate of drug-likeness (QED) is 0.309. The molecule has 1 aliphatic heterocycles. The molecule has 0 spiro atoms. The van der Waals surface area contributed by atoms with Gasteiger partial charge in [-0.2, -0.15) is 0 Å². The predicted octanol–water partition coefficient (Wildman–Crippen LogP) is 5.18. The molecule has 3 atom stereocenters. The van der Waals surface area contributed by atoms with Crippen molar-refractivity contribution in [2.75, 3.05) is 13.2 Å². The molecule has 0 amide bonds. The first-order chi connectivity index (χ1) is 18.3. The van der Waals surface area contributed by atoms with Gasteiger partial charge in [0.1, 0.15) is 0 Å². The van der Waals surface area contributed by atoms with Gasteiger partial charge in [0.05, 0.1) is 0 Å². The Labute approximate surface area is 216 Å². The summed E-state index contributed by atoms with van der Waals surface area (Å²) in [5.41, 5.74) is -1.77. The van der Waals surface area contributed by atoms with E-state index >= 15 is 0 Å². The van der Waals surface area contributed by atoms with E-state index in [-0.39, 0.29) is 31.6 Å². The Morgan fingerprint density at radius 2 is 1.74 bits per heavy atom. The summed E-state index contributed by atoms with van der Waals surface area (Å²) in [7, 11) is -0.856. The van der Waals surface area contributed by atoms with Crippen LogP contribution in [-0.4, -0.2) is 39.5 Å². The molecule has 39 heavy (non-hydrogen) atoms. The third kappa shape index (κ3) is 7.06. The van der Waals surface area contributed by atoms with E-state index in [1.165, 1.54) is 12.1 Å². The summed E-state index contributed by atoms with van der Waals surface area (Å²) in [5.74, 6) is -0.349. The number of ether oxygens (including phenoxy) is 2. The van der Waals surface area contributed by atoms with Crippen LogP contribution in [0.2, 0.25) is 0 Å². The summed E-state index contributed by atoms with van der Waals surface area (Å²) in [6.45, 7) is 0.245. The fraction of sp³-hybridized carbons (Fsp3) is 0.348. The van der Waals surface area contributed by atoms with Crippen molar-refractivity contribution in [2.24, 2.45) is 0 Å². The molecule has 2 aromatic carbocycles. The third-order valence-corrected chi connectivity index (χ3v) is 6.12. The van der Waals surface area contributed by atoms with Gasteiger partial charge in [-0.15, -0.1) is 0 Å². The molecule has 16 heteroatoms. The number of hydrogen-bond acceptors (Lipinski definition) is 6. The molecule has 3 aromatic rings. The van der Waals surface area contributed by atoms with Gasteiger partial charge >= 0.3 is 216 Å². The van der Waals surface area contributed by atoms with E-state index in [1.54, 1.807) is 4.90 Å². The molecule has 0 radical (unpaired) electrons. The number of H-pyrrole nitrogens is 2. The van der Waals surface area contributed by atoms with Gasteiger partial charge in [0.15, 0.2) is 0 Å². The zero-order valence-corrected chi connectivity index (χ0v) is 20.4. The molecule has 4 rings (SSSR count). The monoisotopic (exact) mass is 578 g/mol. The maximum absolute atomic E-state index is 13.6. The van der Waals surface area contributed by atoms with Gasteiger partial charge in [0.25, 0.3) is 0 Å². The first-order valence-corrected chi connectivity index (χ1v) is 11.9. The summed E-state index contributed by atoms with van der Waals surface area (Å²) >= 11 is 0. The number of morpholine rings is 1. The average Bonchev–Trinajstić information content (AvgIpc) is 3.27. The maximum atomic E-state index is 13.6. The van der Waals surface area contributed by atoms with E-state index in [9.17, 15) is 40.1 Å². The zero-order valence-electron chi connectivity index (χ0n) is 19.5. The molecule has 8 nitrogen and oxygen atoms in total. The van der Waals surface area contributed by atoms with Crippen molar-refractivity contribution in [3.63, 3.8) is 0 Å². The minimum absolute atomic E-state index is 0.00474. The molecule has 1 saturated heterocycles. The third-order valence-electron chi connectivity index (χ3n) is 5.78. The second-order valence-corrected chi connectivity index (χ2v) is 8.85. The van der Waals surface area contributed by atoms with Crippen LogP contribution in [0.5, 0.6) is 0 Å². The first kappa shape index (κ1) is 28.8. The van der Waals surface area contributed by atoms with Crippen LogP contribution < -0.4 is 5.69 Å². The molecule has 0 bridgehead atoms. The molecule has 0 unspecified atom stereocenters. The number of aromatic amines is 2. The molecule has 2 N–H and O–H groups in total. The van der Waals surface area contributed by atoms with E-state index in [4.69, 9.17) is 9.47 Å². The number of alkyl halides is 6. The second kappa shape index (κ2) is 11.5. The molecule has 1 aliphatic rings. The van der Waals surface area contributed by atoms with Crippen molar-refractivity contribution in [1.82, 2.24) is 20.1 Å². The number of rotatable bonds is 6. The van der Waals surface area contributed by atoms with E-state index in [0.29, 0.717) is 17.7 Å². The summed E-state index contributed by atoms with van der Waals surface area (Å²) in [5, 5.41) is 6.04. The molecule has 2 heterocycles. The van der Waals surface area contributed by atoms with E-state index in [1.807, 2.05) is 0 Å². The van der Waals surface area contributed by atoms with Gasteiger partial charge in [-0.05, 0) is 0 Å². The molecule has 0 saturated carbocycles. The van der Waals surface area contributed by atoms with E-state index in [0.717, 1.165) is 12.1 Å². The predicted molar refractivity (Wildman–Crippen MR) is 120 cm³/mol. The summed E-state index contributed by atoms with van der Waals surface area (Å²) in [4.78, 5) is 15.6. The summed E-state index contributed by atoms with van der Waals surface area (Å²) < 4.78 is 117. The van der Waals surface area contributed by atoms with Gasteiger partial charge in [-0.25, -0.2) is 0 Å². The Hall–Kier alpha value is -3.22. The van der Waals surface area contributed by atoms with Crippen LogP contribution in [0.4, 0.5) is 30.7 Å². The van der Waals surface area contributed by atoms with Crippen LogP contribution in [0.3, 0.4) is 0 Å². The Morgan fingerprint density at radius 3 is 2.28 bits per heavy atom. The summed E-state index contributed by atoms with van der Waals surface area (Å²) in [6.07, 6.45) is -13.4. The van der Waals surface area contributed by atoms with Crippen LogP contribution in [-0.2, 0) is 32.9 Å². The topological polar surface area (TPSA) is 100 Å². The van der Waals surface area contributed by atoms with Crippen molar-refractivity contribution < 1.29 is 44.8 Å². The van der Waals surface area contributed by atoms with Gasteiger partial charge in [-0.3, -0.25) is 0 Å². The average molecular weight is 578 g/mol. The van der Waals surface area contributed by atoms with Crippen LogP contribution in [0, 0.1) is 11.4 Å². The van der Waals surface area contributed by atoms with Crippen LogP contribution >= 0.6 is 7.92 Å². The number of aromatic nitrogens is 3. The first-order valence-electron chi connectivity index (χ1n) is 11.1. The van der Waals surface area contributed by atoms with Crippen molar-refractivity contribution in [1.29, 1.82) is 0 Å². The van der Waals surface area contributed by atoms with Crippen LogP contribution in [0.15, 0.2) is 47.3 Å². The normalized spacial score (nSPS) is 19.5. The molecule has 208 valence electrons. The fourth-order valence-corrected chi connectivity index (χ4v) is 4.38. The Kier molecular flexibility index (Phi) is 8.48. The Balaban J connectivity index is 1.74. The zero-order chi connectivity index (χ0) is 28.4. The van der Waals surface area contributed by atoms with Gasteiger partial charge < -0.3 is 0 Å². The van der Waals surface area contributed by atoms with Gasteiger partial charge in [0.2, 0.25) is 0 Å². The van der Waals surface area contributed by atoms with Crippen LogP contribution in [0.25, 0.3) is 0 Å². The Morgan fingerprint density at radius 1 is 1.10 bits per heavy atom. The molecule has 0 aliphatic carbocycles. The van der Waals surface area contributed by atoms with Crippen LogP contribution in [0.1, 0.15) is 40.2 Å². The van der Waals surface area contributed by atoms with Crippen molar-refractivity contribution >= 4 is 7.92 Å². The summed E-state index contributed by atoms with van der Waals surface area (Å²) in [6, 6.07) is 5.02.